The molecule has 7 nitrogen and oxygen atoms in total. The van der Waals surface area contributed by atoms with Crippen molar-refractivity contribution in [3.63, 3.8) is 0 Å². The minimum atomic E-state index is -0.738. The fourth-order valence-corrected chi connectivity index (χ4v) is 3.50. The number of hydrogen-bond donors (Lipinski definition) is 1. The molecule has 0 unspecified atom stereocenters. The summed E-state index contributed by atoms with van der Waals surface area (Å²) in [6, 6.07) is 2.69. The van der Waals surface area contributed by atoms with Crippen molar-refractivity contribution in [1.82, 2.24) is 5.16 Å². The molecule has 0 spiro atoms. The third kappa shape index (κ3) is 4.91. The monoisotopic (exact) mass is 395 g/mol. The molecule has 0 saturated heterocycles. The third-order valence-electron chi connectivity index (χ3n) is 3.62. The molecule has 0 radical (unpaired) electrons. The predicted octanol–water partition coefficient (Wildman–Crippen LogP) is 5.06. The van der Waals surface area contributed by atoms with Crippen LogP contribution in [0.15, 0.2) is 21.8 Å². The Kier molecular flexibility index (Phi) is 5.07. The van der Waals surface area contributed by atoms with Crippen LogP contribution in [0, 0.1) is 5.82 Å². The Morgan fingerprint density at radius 1 is 1.41 bits per heavy atom. The molecule has 3 rings (SSSR count). The summed E-state index contributed by atoms with van der Waals surface area (Å²) in [6.45, 7) is 9.11. The standard InChI is InChI=1S/C18H22FN3O4S/c1-17(2,3)24-16(23)20-12-7-14-10(6-11(12)19)13(21-25-14)9-27-15-8-18(4,5)26-22-15/h6-7H,8-9H2,1-5H3,(H,20,23). The molecule has 146 valence electrons. The van der Waals surface area contributed by atoms with Gasteiger partial charge in [0.2, 0.25) is 0 Å². The maximum absolute atomic E-state index is 14.4. The fourth-order valence-electron chi connectivity index (χ4n) is 2.45. The van der Waals surface area contributed by atoms with E-state index < -0.39 is 17.5 Å². The van der Waals surface area contributed by atoms with E-state index in [-0.39, 0.29) is 11.3 Å². The number of nitrogens with zero attached hydrogens (tertiary/aromatic N) is 2. The number of hydrogen-bond acceptors (Lipinski definition) is 7. The molecule has 1 aliphatic rings. The van der Waals surface area contributed by atoms with Crippen molar-refractivity contribution in [2.75, 3.05) is 5.32 Å². The Bertz CT molecular complexity index is 902. The number of benzene rings is 1. The van der Waals surface area contributed by atoms with Gasteiger partial charge in [-0.3, -0.25) is 5.32 Å². The summed E-state index contributed by atoms with van der Waals surface area (Å²) >= 11 is 1.48. The molecule has 0 aliphatic carbocycles. The molecule has 1 aliphatic heterocycles. The van der Waals surface area contributed by atoms with Crippen molar-refractivity contribution in [2.24, 2.45) is 5.16 Å². The molecule has 2 heterocycles. The zero-order valence-electron chi connectivity index (χ0n) is 15.9. The zero-order valence-corrected chi connectivity index (χ0v) is 16.7. The highest BCUT2D eigenvalue weighted by Crippen LogP contribution is 2.32. The molecular weight excluding hydrogens is 373 g/mol. The van der Waals surface area contributed by atoms with Crippen molar-refractivity contribution in [1.29, 1.82) is 0 Å². The topological polar surface area (TPSA) is 86.0 Å². The van der Waals surface area contributed by atoms with Crippen LogP contribution < -0.4 is 5.32 Å². The van der Waals surface area contributed by atoms with Crippen LogP contribution in [-0.2, 0) is 15.3 Å². The normalized spacial score (nSPS) is 16.1. The molecular formula is C18H22FN3O4S. The molecule has 0 fully saturated rings. The van der Waals surface area contributed by atoms with E-state index in [1.807, 2.05) is 13.8 Å². The van der Waals surface area contributed by atoms with Gasteiger partial charge in [0.15, 0.2) is 5.58 Å². The van der Waals surface area contributed by atoms with Gasteiger partial charge in [0.1, 0.15) is 27.8 Å². The lowest BCUT2D eigenvalue weighted by molar-refractivity contribution is 0.0123. The maximum Gasteiger partial charge on any atom is 0.412 e. The van der Waals surface area contributed by atoms with Gasteiger partial charge in [0, 0.05) is 23.6 Å². The largest absolute Gasteiger partial charge is 0.444 e. The van der Waals surface area contributed by atoms with Crippen molar-refractivity contribution >= 4 is 39.6 Å². The Balaban J connectivity index is 1.72. The first-order valence-electron chi connectivity index (χ1n) is 8.48. The van der Waals surface area contributed by atoms with Crippen LogP contribution in [0.5, 0.6) is 0 Å². The lowest BCUT2D eigenvalue weighted by atomic mass is 10.1. The van der Waals surface area contributed by atoms with Crippen LogP contribution in [0.3, 0.4) is 0 Å². The number of carbonyl (C=O) groups is 1. The zero-order chi connectivity index (χ0) is 19.8. The summed E-state index contributed by atoms with van der Waals surface area (Å²) in [6.07, 6.45) is -0.0240. The van der Waals surface area contributed by atoms with Gasteiger partial charge in [-0.15, -0.1) is 11.8 Å². The van der Waals surface area contributed by atoms with E-state index in [4.69, 9.17) is 14.1 Å². The molecule has 0 atom stereocenters. The van der Waals surface area contributed by atoms with E-state index in [0.717, 1.165) is 5.04 Å². The first-order chi connectivity index (χ1) is 12.5. The Morgan fingerprint density at radius 3 is 2.78 bits per heavy atom. The summed E-state index contributed by atoms with van der Waals surface area (Å²) in [4.78, 5) is 17.2. The van der Waals surface area contributed by atoms with Crippen molar-refractivity contribution in [2.45, 2.75) is 58.0 Å². The smallest absolute Gasteiger partial charge is 0.412 e. The Labute approximate surface area is 160 Å². The first-order valence-corrected chi connectivity index (χ1v) is 9.47. The molecule has 27 heavy (non-hydrogen) atoms. The summed E-state index contributed by atoms with van der Waals surface area (Å²) in [5, 5.41) is 11.9. The van der Waals surface area contributed by atoms with E-state index in [9.17, 15) is 9.18 Å². The van der Waals surface area contributed by atoms with Crippen LogP contribution in [-0.4, -0.2) is 27.5 Å². The number of carbonyl (C=O) groups excluding carboxylic acids is 1. The van der Waals surface area contributed by atoms with E-state index >= 15 is 0 Å². The Morgan fingerprint density at radius 2 is 2.15 bits per heavy atom. The molecule has 1 N–H and O–H groups in total. The van der Waals surface area contributed by atoms with Crippen LogP contribution in [0.1, 0.15) is 46.7 Å². The molecule has 2 aromatic rings. The molecule has 1 aromatic heterocycles. The molecule has 1 aromatic carbocycles. The number of amides is 1. The lowest BCUT2D eigenvalue weighted by Crippen LogP contribution is -2.27. The van der Waals surface area contributed by atoms with Gasteiger partial charge in [-0.25, -0.2) is 9.18 Å². The SMILES string of the molecule is CC(C)(C)OC(=O)Nc1cc2onc(CSC3=NOC(C)(C)C3)c2cc1F. The van der Waals surface area contributed by atoms with Gasteiger partial charge < -0.3 is 14.1 Å². The average Bonchev–Trinajstić information content (AvgIpc) is 3.06. The second-order valence-electron chi connectivity index (χ2n) is 7.89. The van der Waals surface area contributed by atoms with Gasteiger partial charge in [-0.2, -0.15) is 0 Å². The number of nitrogens with one attached hydrogen (secondary N) is 1. The van der Waals surface area contributed by atoms with Crippen molar-refractivity contribution in [3.8, 4) is 0 Å². The lowest BCUT2D eigenvalue weighted by Gasteiger charge is -2.19. The van der Waals surface area contributed by atoms with E-state index in [0.29, 0.717) is 28.8 Å². The maximum atomic E-state index is 14.4. The minimum Gasteiger partial charge on any atom is -0.444 e. The molecule has 0 bridgehead atoms. The minimum absolute atomic E-state index is 0.0255. The van der Waals surface area contributed by atoms with Crippen molar-refractivity contribution < 1.29 is 23.3 Å². The van der Waals surface area contributed by atoms with Gasteiger partial charge in [-0.1, -0.05) is 10.3 Å². The molecule has 1 amide bonds. The second kappa shape index (κ2) is 7.03. The highest BCUT2D eigenvalue weighted by Gasteiger charge is 2.29. The fraction of sp³-hybridized carbons (Fsp3) is 0.500. The van der Waals surface area contributed by atoms with Crippen LogP contribution >= 0.6 is 11.8 Å². The van der Waals surface area contributed by atoms with Crippen LogP contribution in [0.4, 0.5) is 14.9 Å². The number of anilines is 1. The predicted molar refractivity (Wildman–Crippen MR) is 102 cm³/mol. The van der Waals surface area contributed by atoms with Gasteiger partial charge >= 0.3 is 6.09 Å². The van der Waals surface area contributed by atoms with E-state index in [1.54, 1.807) is 20.8 Å². The highest BCUT2D eigenvalue weighted by molar-refractivity contribution is 8.13. The van der Waals surface area contributed by atoms with Gasteiger partial charge in [0.05, 0.1) is 5.69 Å². The summed E-state index contributed by atoms with van der Waals surface area (Å²) in [7, 11) is 0. The molecule has 0 saturated carbocycles. The summed E-state index contributed by atoms with van der Waals surface area (Å²) < 4.78 is 24.8. The number of fused-ring (bicyclic) bond motifs is 1. The van der Waals surface area contributed by atoms with E-state index in [2.05, 4.69) is 15.6 Å². The number of halogens is 1. The quantitative estimate of drug-likeness (QED) is 0.782. The number of rotatable bonds is 3. The number of ether oxygens (including phenoxy) is 1. The second-order valence-corrected chi connectivity index (χ2v) is 8.93. The van der Waals surface area contributed by atoms with E-state index in [1.165, 1.54) is 23.9 Å². The van der Waals surface area contributed by atoms with Crippen molar-refractivity contribution in [3.05, 3.63) is 23.6 Å². The average molecular weight is 395 g/mol. The Hall–Kier alpha value is -2.29. The summed E-state index contributed by atoms with van der Waals surface area (Å²) in [5.74, 6) is -0.116. The van der Waals surface area contributed by atoms with Gasteiger partial charge in [-0.05, 0) is 40.7 Å². The van der Waals surface area contributed by atoms with Crippen LogP contribution in [0.25, 0.3) is 11.0 Å². The van der Waals surface area contributed by atoms with Crippen LogP contribution in [0.2, 0.25) is 0 Å². The number of thioether (sulfide) groups is 1. The highest BCUT2D eigenvalue weighted by atomic mass is 32.2. The summed E-state index contributed by atoms with van der Waals surface area (Å²) in [5.41, 5.74) is -0.0268. The number of aromatic nitrogens is 1. The third-order valence-corrected chi connectivity index (χ3v) is 4.59. The van der Waals surface area contributed by atoms with Gasteiger partial charge in [0.25, 0.3) is 0 Å². The molecule has 9 heteroatoms. The number of oxime groups is 1. The first kappa shape index (κ1) is 19.5.